The van der Waals surface area contributed by atoms with Gasteiger partial charge in [0.15, 0.2) is 10.1 Å². The monoisotopic (exact) mass is 559 g/mol. The van der Waals surface area contributed by atoms with E-state index in [0.29, 0.717) is 43.8 Å². The van der Waals surface area contributed by atoms with E-state index in [4.69, 9.17) is 9.47 Å². The van der Waals surface area contributed by atoms with E-state index in [0.717, 1.165) is 0 Å². The van der Waals surface area contributed by atoms with Crippen molar-refractivity contribution in [3.8, 4) is 11.5 Å². The lowest BCUT2D eigenvalue weighted by atomic mass is 9.84. The first-order chi connectivity index (χ1) is 12.8. The molecule has 2 aromatic carbocycles. The first kappa shape index (κ1) is 20.4. The van der Waals surface area contributed by atoms with Crippen LogP contribution in [0, 0.1) is 0 Å². The van der Waals surface area contributed by atoms with Crippen molar-refractivity contribution in [3.05, 3.63) is 50.4 Å². The normalized spacial score (nSPS) is 19.1. The Morgan fingerprint density at radius 3 is 2.22 bits per heavy atom. The summed E-state index contributed by atoms with van der Waals surface area (Å²) in [4.78, 5) is 28.4. The van der Waals surface area contributed by atoms with E-state index in [1.807, 2.05) is 6.92 Å². The van der Waals surface area contributed by atoms with E-state index in [9.17, 15) is 9.59 Å². The van der Waals surface area contributed by atoms with Crippen molar-refractivity contribution in [1.29, 1.82) is 0 Å². The minimum atomic E-state index is -1.50. The summed E-state index contributed by atoms with van der Waals surface area (Å²) >= 11 is 10.4. The quantitative estimate of drug-likeness (QED) is 0.386. The molecular weight excluding hydrogens is 546 g/mol. The Labute approximate surface area is 182 Å². The van der Waals surface area contributed by atoms with E-state index in [1.165, 1.54) is 7.11 Å². The van der Waals surface area contributed by atoms with Gasteiger partial charge in [0.05, 0.1) is 28.9 Å². The minimum absolute atomic E-state index is 0.332. The maximum absolute atomic E-state index is 13.5. The second-order valence-electron chi connectivity index (χ2n) is 5.87. The van der Waals surface area contributed by atoms with Crippen LogP contribution in [0.2, 0.25) is 0 Å². The number of alkyl halides is 1. The fourth-order valence-corrected chi connectivity index (χ4v) is 5.51. The van der Waals surface area contributed by atoms with Crippen LogP contribution in [0.5, 0.6) is 11.5 Å². The maximum Gasteiger partial charge on any atom is 0.256 e. The summed E-state index contributed by atoms with van der Waals surface area (Å²) in [6, 6.07) is 8.58. The Morgan fingerprint density at radius 1 is 1.07 bits per heavy atom. The van der Waals surface area contributed by atoms with Crippen molar-refractivity contribution in [2.75, 3.05) is 25.7 Å². The third-order valence-corrected chi connectivity index (χ3v) is 7.01. The molecule has 142 valence electrons. The van der Waals surface area contributed by atoms with Crippen LogP contribution in [0.25, 0.3) is 0 Å². The van der Waals surface area contributed by atoms with Crippen LogP contribution in [-0.2, 0) is 9.12 Å². The van der Waals surface area contributed by atoms with Crippen molar-refractivity contribution in [3.63, 3.8) is 0 Å². The van der Waals surface area contributed by atoms with E-state index in [2.05, 4.69) is 47.8 Å². The Kier molecular flexibility index (Phi) is 5.70. The van der Waals surface area contributed by atoms with Gasteiger partial charge in [-0.2, -0.15) is 0 Å². The molecule has 0 aromatic heterocycles. The predicted octanol–water partition coefficient (Wildman–Crippen LogP) is 5.07. The molecule has 0 spiro atoms. The van der Waals surface area contributed by atoms with Gasteiger partial charge in [-0.25, -0.2) is 0 Å². The van der Waals surface area contributed by atoms with E-state index in [-0.39, 0.29) is 11.7 Å². The van der Waals surface area contributed by atoms with Gasteiger partial charge in [-0.05, 0) is 62.5 Å². The molecule has 27 heavy (non-hydrogen) atoms. The summed E-state index contributed by atoms with van der Waals surface area (Å²) in [6.07, 6.45) is 0. The summed E-state index contributed by atoms with van der Waals surface area (Å²) in [6.45, 7) is 2.26. The summed E-state index contributed by atoms with van der Waals surface area (Å²) in [5, 5.41) is 0. The fraction of sp³-hybridized carbons (Fsp3) is 0.263. The Hall–Kier alpha value is -1.38. The summed E-state index contributed by atoms with van der Waals surface area (Å²) < 4.78 is 10.3. The number of Topliss-reactive ketones (excluding diaryl/α,β-unsaturated/α-hetero) is 1. The van der Waals surface area contributed by atoms with Crippen molar-refractivity contribution >= 4 is 65.2 Å². The highest BCUT2D eigenvalue weighted by molar-refractivity contribution is 9.11. The lowest BCUT2D eigenvalue weighted by Crippen LogP contribution is -2.52. The molecule has 0 saturated heterocycles. The Bertz CT molecular complexity index is 930. The number of benzene rings is 2. The molecular formula is C19H16Br3NO4. The van der Waals surface area contributed by atoms with Crippen LogP contribution >= 0.6 is 47.8 Å². The zero-order valence-electron chi connectivity index (χ0n) is 14.8. The third kappa shape index (κ3) is 3.02. The first-order valence-corrected chi connectivity index (χ1v) is 10.4. The van der Waals surface area contributed by atoms with Crippen molar-refractivity contribution in [1.82, 2.24) is 0 Å². The van der Waals surface area contributed by atoms with Crippen LogP contribution < -0.4 is 14.4 Å². The fourth-order valence-electron chi connectivity index (χ4n) is 3.16. The van der Waals surface area contributed by atoms with E-state index >= 15 is 0 Å². The molecule has 1 heterocycles. The number of halogens is 3. The first-order valence-electron chi connectivity index (χ1n) is 8.07. The molecule has 0 unspecified atom stereocenters. The van der Waals surface area contributed by atoms with Crippen molar-refractivity contribution in [2.24, 2.45) is 0 Å². The molecule has 1 amide bonds. The zero-order chi connectivity index (χ0) is 19.9. The second-order valence-corrected chi connectivity index (χ2v) is 8.70. The van der Waals surface area contributed by atoms with Crippen molar-refractivity contribution in [2.45, 2.75) is 11.2 Å². The number of fused-ring (bicyclic) bond motifs is 1. The molecule has 1 aliphatic rings. The van der Waals surface area contributed by atoms with Gasteiger partial charge >= 0.3 is 0 Å². The van der Waals surface area contributed by atoms with Gasteiger partial charge in [-0.3, -0.25) is 9.59 Å². The largest absolute Gasteiger partial charge is 0.497 e. The molecule has 0 bridgehead atoms. The SMILES string of the molecule is CCN1C(=O)[C@@](Br)(c2ccc(OC)cc2)C(=O)c2cc(Br)c(OC)c(Br)c21. The number of anilines is 1. The van der Waals surface area contributed by atoms with Gasteiger partial charge in [0.1, 0.15) is 11.5 Å². The smallest absolute Gasteiger partial charge is 0.256 e. The molecule has 0 N–H and O–H groups in total. The standard InChI is InChI=1S/C19H16Br3NO4/c1-4-23-15-12(9-13(20)16(27-3)14(15)21)17(24)19(22,18(23)25)10-5-7-11(26-2)8-6-10/h5-9H,4H2,1-3H3/t19-/m1/s1. The van der Waals surface area contributed by atoms with E-state index in [1.54, 1.807) is 42.3 Å². The number of nitrogens with zero attached hydrogens (tertiary/aromatic N) is 1. The number of amides is 1. The van der Waals surface area contributed by atoms with Crippen LogP contribution in [0.1, 0.15) is 22.8 Å². The third-order valence-electron chi connectivity index (χ3n) is 4.53. The van der Waals surface area contributed by atoms with Gasteiger partial charge in [0.25, 0.3) is 5.91 Å². The highest BCUT2D eigenvalue weighted by Gasteiger charge is 2.53. The molecule has 0 radical (unpaired) electrons. The number of carbonyl (C=O) groups excluding carboxylic acids is 2. The van der Waals surface area contributed by atoms with Crippen LogP contribution in [-0.4, -0.2) is 32.5 Å². The van der Waals surface area contributed by atoms with Gasteiger partial charge < -0.3 is 14.4 Å². The highest BCUT2D eigenvalue weighted by Crippen LogP contribution is 2.51. The van der Waals surface area contributed by atoms with Gasteiger partial charge in [0.2, 0.25) is 0 Å². The summed E-state index contributed by atoms with van der Waals surface area (Å²) in [5.41, 5.74) is 1.48. The molecule has 1 aliphatic heterocycles. The molecule has 2 aromatic rings. The van der Waals surface area contributed by atoms with Gasteiger partial charge in [-0.1, -0.05) is 28.1 Å². The molecule has 1 atom stereocenters. The number of likely N-dealkylation sites (N-methyl/N-ethyl adjacent to an activating group) is 1. The van der Waals surface area contributed by atoms with Crippen molar-refractivity contribution < 1.29 is 19.1 Å². The number of hydrogen-bond acceptors (Lipinski definition) is 4. The average molecular weight is 562 g/mol. The summed E-state index contributed by atoms with van der Waals surface area (Å²) in [5.74, 6) is 0.493. The van der Waals surface area contributed by atoms with Crippen LogP contribution in [0.4, 0.5) is 5.69 Å². The van der Waals surface area contributed by atoms with Gasteiger partial charge in [-0.15, -0.1) is 0 Å². The molecule has 0 fully saturated rings. The number of rotatable bonds is 4. The Morgan fingerprint density at radius 2 is 1.70 bits per heavy atom. The zero-order valence-corrected chi connectivity index (χ0v) is 19.6. The second kappa shape index (κ2) is 7.56. The number of hydrogen-bond donors (Lipinski definition) is 0. The number of ether oxygens (including phenoxy) is 2. The Balaban J connectivity index is 2.26. The lowest BCUT2D eigenvalue weighted by molar-refractivity contribution is -0.120. The lowest BCUT2D eigenvalue weighted by Gasteiger charge is -2.39. The minimum Gasteiger partial charge on any atom is -0.497 e. The molecule has 3 rings (SSSR count). The number of ketones is 1. The number of methoxy groups -OCH3 is 2. The molecule has 8 heteroatoms. The predicted molar refractivity (Wildman–Crippen MR) is 114 cm³/mol. The molecule has 5 nitrogen and oxygen atoms in total. The topological polar surface area (TPSA) is 55.8 Å². The summed E-state index contributed by atoms with van der Waals surface area (Å²) in [7, 11) is 3.10. The molecule has 0 aliphatic carbocycles. The highest BCUT2D eigenvalue weighted by atomic mass is 79.9. The molecule has 0 saturated carbocycles. The number of carbonyl (C=O) groups is 2. The van der Waals surface area contributed by atoms with Crippen LogP contribution in [0.15, 0.2) is 39.3 Å². The van der Waals surface area contributed by atoms with Crippen LogP contribution in [0.3, 0.4) is 0 Å². The van der Waals surface area contributed by atoms with E-state index < -0.39 is 4.32 Å². The van der Waals surface area contributed by atoms with Gasteiger partial charge in [0, 0.05) is 12.1 Å². The average Bonchev–Trinajstić information content (AvgIpc) is 2.68. The maximum atomic E-state index is 13.5.